The van der Waals surface area contributed by atoms with E-state index in [9.17, 15) is 4.79 Å². The van der Waals surface area contributed by atoms with Crippen molar-refractivity contribution in [2.24, 2.45) is 0 Å². The van der Waals surface area contributed by atoms with Crippen molar-refractivity contribution in [2.45, 2.75) is 64.6 Å². The average Bonchev–Trinajstić information content (AvgIpc) is 3.14. The molecule has 1 aliphatic rings. The predicted molar refractivity (Wildman–Crippen MR) is 114 cm³/mol. The van der Waals surface area contributed by atoms with Gasteiger partial charge >= 0.3 is 6.03 Å². The lowest BCUT2D eigenvalue weighted by atomic mass is 9.94. The van der Waals surface area contributed by atoms with E-state index < -0.39 is 0 Å². The summed E-state index contributed by atoms with van der Waals surface area (Å²) in [6.07, 6.45) is 10.4. The maximum Gasteiger partial charge on any atom is 0.318 e. The highest BCUT2D eigenvalue weighted by Crippen LogP contribution is 2.25. The third kappa shape index (κ3) is 5.42. The van der Waals surface area contributed by atoms with Gasteiger partial charge in [-0.25, -0.2) is 9.78 Å². The molecule has 2 aromatic rings. The van der Waals surface area contributed by atoms with Gasteiger partial charge in [-0.1, -0.05) is 55.5 Å². The Kier molecular flexibility index (Phi) is 7.63. The van der Waals surface area contributed by atoms with Crippen molar-refractivity contribution in [1.82, 2.24) is 19.8 Å². The molecule has 1 heterocycles. The molecule has 0 saturated heterocycles. The van der Waals surface area contributed by atoms with Crippen LogP contribution in [0.15, 0.2) is 30.6 Å². The van der Waals surface area contributed by atoms with Gasteiger partial charge in [0, 0.05) is 35.0 Å². The van der Waals surface area contributed by atoms with Crippen LogP contribution in [0.4, 0.5) is 4.79 Å². The lowest BCUT2D eigenvalue weighted by Crippen LogP contribution is -2.47. The lowest BCUT2D eigenvalue weighted by Gasteiger charge is -2.34. The number of carbonyl (C=O) groups is 1. The number of nitrogens with one attached hydrogen (secondary N) is 1. The summed E-state index contributed by atoms with van der Waals surface area (Å²) < 4.78 is 2.05. The molecule has 0 unspecified atom stereocenters. The molecule has 152 valence electrons. The summed E-state index contributed by atoms with van der Waals surface area (Å²) in [7, 11) is 0. The first-order chi connectivity index (χ1) is 13.6. The van der Waals surface area contributed by atoms with Crippen molar-refractivity contribution in [3.05, 3.63) is 52.0 Å². The number of imidazole rings is 1. The minimum atomic E-state index is 0.00725. The topological polar surface area (TPSA) is 50.2 Å². The van der Waals surface area contributed by atoms with Gasteiger partial charge in [0.05, 0.1) is 13.1 Å². The normalized spacial score (nSPS) is 14.8. The minimum absolute atomic E-state index is 0.00725. The molecule has 0 aliphatic heterocycles. The summed E-state index contributed by atoms with van der Waals surface area (Å²) in [5.74, 6) is 0.864. The Morgan fingerprint density at radius 1 is 1.29 bits per heavy atom. The van der Waals surface area contributed by atoms with Crippen molar-refractivity contribution in [3.63, 3.8) is 0 Å². The van der Waals surface area contributed by atoms with E-state index in [1.807, 2.05) is 23.2 Å². The van der Waals surface area contributed by atoms with Crippen molar-refractivity contribution >= 4 is 29.2 Å². The summed E-state index contributed by atoms with van der Waals surface area (Å²) in [4.78, 5) is 19.3. The fraction of sp³-hybridized carbons (Fsp3) is 0.524. The predicted octanol–water partition coefficient (Wildman–Crippen LogP) is 5.49. The number of hydrogen-bond donors (Lipinski definition) is 1. The van der Waals surface area contributed by atoms with Gasteiger partial charge in [0.15, 0.2) is 0 Å². The molecule has 1 N–H and O–H groups in total. The lowest BCUT2D eigenvalue weighted by molar-refractivity contribution is 0.148. The van der Waals surface area contributed by atoms with E-state index in [1.165, 1.54) is 19.3 Å². The monoisotopic (exact) mass is 422 g/mol. The standard InChI is InChI=1S/C21H28Cl2N4O/c1-2-10-25-21(28)27(18-6-4-3-5-7-18)15-20-24-11-12-26(20)14-16-8-9-17(22)13-19(16)23/h8-9,11-13,18H,2-7,10,14-15H2,1H3,(H,25,28). The summed E-state index contributed by atoms with van der Waals surface area (Å²) in [5.41, 5.74) is 0.977. The van der Waals surface area contributed by atoms with E-state index in [0.717, 1.165) is 30.7 Å². The fourth-order valence-electron chi connectivity index (χ4n) is 3.71. The number of amides is 2. The molecule has 1 fully saturated rings. The van der Waals surface area contributed by atoms with Gasteiger partial charge in [-0.15, -0.1) is 0 Å². The number of halogens is 2. The first-order valence-electron chi connectivity index (χ1n) is 10.1. The third-order valence-electron chi connectivity index (χ3n) is 5.27. The molecular weight excluding hydrogens is 395 g/mol. The van der Waals surface area contributed by atoms with E-state index in [-0.39, 0.29) is 12.1 Å². The quantitative estimate of drug-likeness (QED) is 0.640. The largest absolute Gasteiger partial charge is 0.338 e. The number of carbonyl (C=O) groups excluding carboxylic acids is 1. The summed E-state index contributed by atoms with van der Waals surface area (Å²) in [6, 6.07) is 5.80. The zero-order chi connectivity index (χ0) is 19.9. The van der Waals surface area contributed by atoms with Crippen LogP contribution in [0, 0.1) is 0 Å². The van der Waals surface area contributed by atoms with Gasteiger partial charge in [0.2, 0.25) is 0 Å². The van der Waals surface area contributed by atoms with Gasteiger partial charge in [0.1, 0.15) is 5.82 Å². The molecular formula is C21H28Cl2N4O. The Bertz CT molecular complexity index is 786. The molecule has 0 atom stereocenters. The smallest absolute Gasteiger partial charge is 0.318 e. The second kappa shape index (κ2) is 10.2. The van der Waals surface area contributed by atoms with E-state index >= 15 is 0 Å². The summed E-state index contributed by atoms with van der Waals surface area (Å²) in [5, 5.41) is 4.30. The van der Waals surface area contributed by atoms with Crippen LogP contribution in [-0.2, 0) is 13.1 Å². The van der Waals surface area contributed by atoms with Crippen LogP contribution in [0.3, 0.4) is 0 Å². The molecule has 5 nitrogen and oxygen atoms in total. The van der Waals surface area contributed by atoms with Crippen molar-refractivity contribution in [3.8, 4) is 0 Å². The highest BCUT2D eigenvalue weighted by molar-refractivity contribution is 6.35. The second-order valence-electron chi connectivity index (χ2n) is 7.36. The Morgan fingerprint density at radius 2 is 2.07 bits per heavy atom. The molecule has 3 rings (SSSR count). The first-order valence-corrected chi connectivity index (χ1v) is 10.8. The number of benzene rings is 1. The molecule has 0 bridgehead atoms. The van der Waals surface area contributed by atoms with E-state index in [2.05, 4.69) is 21.8 Å². The molecule has 2 amide bonds. The SMILES string of the molecule is CCCNC(=O)N(Cc1nccn1Cc1ccc(Cl)cc1Cl)C1CCCCC1. The highest BCUT2D eigenvalue weighted by Gasteiger charge is 2.26. The van der Waals surface area contributed by atoms with Crippen LogP contribution >= 0.6 is 23.2 Å². The number of urea groups is 1. The molecule has 0 spiro atoms. The number of aromatic nitrogens is 2. The van der Waals surface area contributed by atoms with Crippen LogP contribution in [-0.4, -0.2) is 33.1 Å². The number of nitrogens with zero attached hydrogens (tertiary/aromatic N) is 3. The molecule has 1 saturated carbocycles. The van der Waals surface area contributed by atoms with Gasteiger partial charge < -0.3 is 14.8 Å². The van der Waals surface area contributed by atoms with Crippen molar-refractivity contribution < 1.29 is 4.79 Å². The molecule has 1 aliphatic carbocycles. The third-order valence-corrected chi connectivity index (χ3v) is 5.86. The Hall–Kier alpha value is -1.72. The average molecular weight is 423 g/mol. The highest BCUT2D eigenvalue weighted by atomic mass is 35.5. The number of hydrogen-bond acceptors (Lipinski definition) is 2. The zero-order valence-corrected chi connectivity index (χ0v) is 17.8. The van der Waals surface area contributed by atoms with Gasteiger partial charge in [0.25, 0.3) is 0 Å². The van der Waals surface area contributed by atoms with Gasteiger partial charge in [-0.3, -0.25) is 0 Å². The molecule has 28 heavy (non-hydrogen) atoms. The summed E-state index contributed by atoms with van der Waals surface area (Å²) >= 11 is 12.3. The van der Waals surface area contributed by atoms with Gasteiger partial charge in [-0.2, -0.15) is 0 Å². The molecule has 7 heteroatoms. The maximum absolute atomic E-state index is 12.8. The fourth-order valence-corrected chi connectivity index (χ4v) is 4.18. The number of rotatable bonds is 7. The van der Waals surface area contributed by atoms with Gasteiger partial charge in [-0.05, 0) is 37.0 Å². The molecule has 1 aromatic carbocycles. The van der Waals surface area contributed by atoms with Crippen molar-refractivity contribution in [1.29, 1.82) is 0 Å². The zero-order valence-electron chi connectivity index (χ0n) is 16.3. The maximum atomic E-state index is 12.8. The molecule has 1 aromatic heterocycles. The van der Waals surface area contributed by atoms with Crippen molar-refractivity contribution in [2.75, 3.05) is 6.54 Å². The Balaban J connectivity index is 1.77. The second-order valence-corrected chi connectivity index (χ2v) is 8.20. The van der Waals surface area contributed by atoms with E-state index in [1.54, 1.807) is 12.3 Å². The Morgan fingerprint density at radius 3 is 2.79 bits per heavy atom. The van der Waals surface area contributed by atoms with Crippen LogP contribution in [0.25, 0.3) is 0 Å². The van der Waals surface area contributed by atoms with E-state index in [4.69, 9.17) is 23.2 Å². The summed E-state index contributed by atoms with van der Waals surface area (Å²) in [6.45, 7) is 3.85. The van der Waals surface area contributed by atoms with E-state index in [0.29, 0.717) is 29.7 Å². The first kappa shape index (κ1) is 21.0. The van der Waals surface area contributed by atoms with Crippen LogP contribution in [0.2, 0.25) is 10.0 Å². The minimum Gasteiger partial charge on any atom is -0.338 e. The molecule has 0 radical (unpaired) electrons. The van der Waals surface area contributed by atoms with Crippen LogP contribution in [0.5, 0.6) is 0 Å². The van der Waals surface area contributed by atoms with Crippen LogP contribution in [0.1, 0.15) is 56.8 Å². The van der Waals surface area contributed by atoms with Crippen LogP contribution < -0.4 is 5.32 Å². The Labute approximate surface area is 177 Å².